The highest BCUT2D eigenvalue weighted by atomic mass is 32.2. The topological polar surface area (TPSA) is 74.0 Å². The van der Waals surface area contributed by atoms with Crippen LogP contribution in [0.2, 0.25) is 0 Å². The third-order valence-electron chi connectivity index (χ3n) is 2.12. The highest BCUT2D eigenvalue weighted by molar-refractivity contribution is 8.02. The van der Waals surface area contributed by atoms with Crippen LogP contribution < -0.4 is 0 Å². The summed E-state index contributed by atoms with van der Waals surface area (Å²) in [5, 5.41) is 17.1. The molecular formula is C11H8N2O2S2. The highest BCUT2D eigenvalue weighted by Gasteiger charge is 2.15. The van der Waals surface area contributed by atoms with Crippen molar-refractivity contribution >= 4 is 39.3 Å². The van der Waals surface area contributed by atoms with Crippen LogP contribution >= 0.6 is 23.1 Å². The second-order valence-corrected chi connectivity index (χ2v) is 5.99. The summed E-state index contributed by atoms with van der Waals surface area (Å²) in [5.41, 5.74) is 1.31. The fourth-order valence-electron chi connectivity index (χ4n) is 1.23. The van der Waals surface area contributed by atoms with Crippen LogP contribution in [0.4, 0.5) is 0 Å². The van der Waals surface area contributed by atoms with Crippen LogP contribution in [0.25, 0.3) is 10.2 Å². The summed E-state index contributed by atoms with van der Waals surface area (Å²) >= 11 is 2.66. The molecule has 2 aromatic rings. The summed E-state index contributed by atoms with van der Waals surface area (Å²) in [7, 11) is 0. The maximum Gasteiger partial charge on any atom is 0.316 e. The minimum atomic E-state index is -0.855. The SMILES string of the molecule is CC(Sc1nc2cc(C#N)ccc2s1)C(=O)O. The molecule has 1 N–H and O–H groups in total. The molecule has 1 unspecified atom stereocenters. The first-order valence-electron chi connectivity index (χ1n) is 4.80. The molecule has 1 aromatic heterocycles. The van der Waals surface area contributed by atoms with Crippen molar-refractivity contribution in [3.05, 3.63) is 23.8 Å². The third kappa shape index (κ3) is 2.57. The maximum atomic E-state index is 10.7. The molecule has 2 rings (SSSR count). The standard InChI is InChI=1S/C11H8N2O2S2/c1-6(10(14)15)16-11-13-8-4-7(5-12)2-3-9(8)17-11/h2-4,6H,1H3,(H,14,15). The minimum Gasteiger partial charge on any atom is -0.480 e. The Kier molecular flexibility index (Phi) is 3.31. The molecule has 0 bridgehead atoms. The van der Waals surface area contributed by atoms with E-state index in [9.17, 15) is 4.79 Å². The number of nitrogens with zero attached hydrogens (tertiary/aromatic N) is 2. The highest BCUT2D eigenvalue weighted by Crippen LogP contribution is 2.32. The number of carboxylic acids is 1. The third-order valence-corrected chi connectivity index (χ3v) is 4.34. The number of benzene rings is 1. The Hall–Kier alpha value is -1.58. The van der Waals surface area contributed by atoms with Crippen molar-refractivity contribution in [3.8, 4) is 6.07 Å². The van der Waals surface area contributed by atoms with Gasteiger partial charge in [-0.15, -0.1) is 11.3 Å². The number of thiazole rings is 1. The summed E-state index contributed by atoms with van der Waals surface area (Å²) in [6.07, 6.45) is 0. The van der Waals surface area contributed by atoms with Gasteiger partial charge in [0.05, 0.1) is 21.8 Å². The zero-order chi connectivity index (χ0) is 12.4. The summed E-state index contributed by atoms with van der Waals surface area (Å²) < 4.78 is 1.68. The summed E-state index contributed by atoms with van der Waals surface area (Å²) in [5.74, 6) is -0.855. The van der Waals surface area contributed by atoms with Gasteiger partial charge in [0.2, 0.25) is 0 Å². The summed E-state index contributed by atoms with van der Waals surface area (Å²) in [6.45, 7) is 1.62. The summed E-state index contributed by atoms with van der Waals surface area (Å²) in [4.78, 5) is 15.0. The van der Waals surface area contributed by atoms with Gasteiger partial charge in [0.1, 0.15) is 5.25 Å². The molecule has 0 aliphatic heterocycles. The fourth-order valence-corrected chi connectivity index (χ4v) is 3.35. The Balaban J connectivity index is 2.32. The van der Waals surface area contributed by atoms with Crippen LogP contribution in [-0.4, -0.2) is 21.3 Å². The van der Waals surface area contributed by atoms with E-state index >= 15 is 0 Å². The van der Waals surface area contributed by atoms with E-state index in [-0.39, 0.29) is 0 Å². The molecule has 0 amide bonds. The lowest BCUT2D eigenvalue weighted by Gasteiger charge is -2.00. The van der Waals surface area contributed by atoms with Gasteiger partial charge in [0.15, 0.2) is 4.34 Å². The first-order chi connectivity index (χ1) is 8.10. The van der Waals surface area contributed by atoms with E-state index in [1.807, 2.05) is 6.07 Å². The molecule has 6 heteroatoms. The lowest BCUT2D eigenvalue weighted by molar-refractivity contribution is -0.136. The predicted octanol–water partition coefficient (Wildman–Crippen LogP) is 2.73. The molecule has 17 heavy (non-hydrogen) atoms. The van der Waals surface area contributed by atoms with Crippen molar-refractivity contribution in [2.75, 3.05) is 0 Å². The Morgan fingerprint density at radius 1 is 1.65 bits per heavy atom. The Labute approximate surface area is 106 Å². The normalized spacial score (nSPS) is 12.2. The van der Waals surface area contributed by atoms with E-state index in [1.165, 1.54) is 23.1 Å². The fraction of sp³-hybridized carbons (Fsp3) is 0.182. The number of hydrogen-bond donors (Lipinski definition) is 1. The molecule has 0 saturated carbocycles. The first-order valence-corrected chi connectivity index (χ1v) is 6.50. The number of rotatable bonds is 3. The lowest BCUT2D eigenvalue weighted by atomic mass is 10.2. The van der Waals surface area contributed by atoms with Crippen molar-refractivity contribution in [3.63, 3.8) is 0 Å². The van der Waals surface area contributed by atoms with E-state index in [0.29, 0.717) is 9.90 Å². The van der Waals surface area contributed by atoms with Crippen LogP contribution in [0.15, 0.2) is 22.5 Å². The lowest BCUT2D eigenvalue weighted by Crippen LogP contribution is -2.10. The van der Waals surface area contributed by atoms with Gasteiger partial charge < -0.3 is 5.11 Å². The van der Waals surface area contributed by atoms with Gasteiger partial charge >= 0.3 is 5.97 Å². The molecule has 86 valence electrons. The van der Waals surface area contributed by atoms with Crippen molar-refractivity contribution in [1.29, 1.82) is 5.26 Å². The Morgan fingerprint density at radius 3 is 3.06 bits per heavy atom. The summed E-state index contributed by atoms with van der Waals surface area (Å²) in [6, 6.07) is 7.33. The van der Waals surface area contributed by atoms with Gasteiger partial charge in [-0.25, -0.2) is 4.98 Å². The number of aliphatic carboxylic acids is 1. The smallest absolute Gasteiger partial charge is 0.316 e. The van der Waals surface area contributed by atoms with E-state index in [1.54, 1.807) is 19.1 Å². The monoisotopic (exact) mass is 264 g/mol. The van der Waals surface area contributed by atoms with E-state index in [4.69, 9.17) is 10.4 Å². The van der Waals surface area contributed by atoms with E-state index < -0.39 is 11.2 Å². The molecule has 0 aliphatic rings. The molecule has 0 spiro atoms. The predicted molar refractivity (Wildman–Crippen MR) is 67.3 cm³/mol. The molecule has 0 aliphatic carbocycles. The van der Waals surface area contributed by atoms with E-state index in [2.05, 4.69) is 11.1 Å². The van der Waals surface area contributed by atoms with Crippen molar-refractivity contribution in [1.82, 2.24) is 4.98 Å². The van der Waals surface area contributed by atoms with E-state index in [0.717, 1.165) is 10.2 Å². The van der Waals surface area contributed by atoms with Crippen molar-refractivity contribution in [2.24, 2.45) is 0 Å². The second-order valence-electron chi connectivity index (χ2n) is 3.37. The zero-order valence-electron chi connectivity index (χ0n) is 8.88. The molecule has 0 saturated heterocycles. The molecule has 1 heterocycles. The van der Waals surface area contributed by atoms with Crippen LogP contribution in [0.5, 0.6) is 0 Å². The van der Waals surface area contributed by atoms with Gasteiger partial charge in [0, 0.05) is 0 Å². The van der Waals surface area contributed by atoms with Crippen molar-refractivity contribution in [2.45, 2.75) is 16.5 Å². The van der Waals surface area contributed by atoms with Gasteiger partial charge in [-0.2, -0.15) is 5.26 Å². The molecule has 0 fully saturated rings. The molecule has 1 aromatic carbocycles. The van der Waals surface area contributed by atoms with Crippen LogP contribution in [0.3, 0.4) is 0 Å². The van der Waals surface area contributed by atoms with Crippen LogP contribution in [0, 0.1) is 11.3 Å². The Morgan fingerprint density at radius 2 is 2.41 bits per heavy atom. The quantitative estimate of drug-likeness (QED) is 0.863. The van der Waals surface area contributed by atoms with Gasteiger partial charge in [-0.3, -0.25) is 4.79 Å². The molecule has 0 radical (unpaired) electrons. The van der Waals surface area contributed by atoms with Crippen LogP contribution in [-0.2, 0) is 4.79 Å². The molecule has 1 atom stereocenters. The zero-order valence-corrected chi connectivity index (χ0v) is 10.5. The average Bonchev–Trinajstić information content (AvgIpc) is 2.69. The van der Waals surface area contributed by atoms with Gasteiger partial charge in [-0.05, 0) is 25.1 Å². The number of fused-ring (bicyclic) bond motifs is 1. The first kappa shape index (κ1) is 11.9. The number of carboxylic acid groups (broad SMARTS) is 1. The molecular weight excluding hydrogens is 256 g/mol. The number of carbonyl (C=O) groups is 1. The Bertz CT molecular complexity index is 615. The van der Waals surface area contributed by atoms with Crippen LogP contribution in [0.1, 0.15) is 12.5 Å². The number of hydrogen-bond acceptors (Lipinski definition) is 5. The number of thioether (sulfide) groups is 1. The average molecular weight is 264 g/mol. The maximum absolute atomic E-state index is 10.7. The molecule has 4 nitrogen and oxygen atoms in total. The largest absolute Gasteiger partial charge is 0.480 e. The van der Waals surface area contributed by atoms with Gasteiger partial charge in [0.25, 0.3) is 0 Å². The van der Waals surface area contributed by atoms with Gasteiger partial charge in [-0.1, -0.05) is 11.8 Å². The minimum absolute atomic E-state index is 0.522. The second kappa shape index (κ2) is 4.73. The number of nitriles is 1. The van der Waals surface area contributed by atoms with Crippen molar-refractivity contribution < 1.29 is 9.90 Å². The number of aromatic nitrogens is 1.